The van der Waals surface area contributed by atoms with Crippen LogP contribution >= 0.6 is 0 Å². The smallest absolute Gasteiger partial charge is 0.305 e. The molecular formula is C42H82O14. The number of carbonyl (C=O) groups is 2. The van der Waals surface area contributed by atoms with Crippen molar-refractivity contribution in [3.8, 4) is 0 Å². The molecule has 334 valence electrons. The third kappa shape index (κ3) is 48.7. The predicted molar refractivity (Wildman–Crippen MR) is 215 cm³/mol. The number of carbonyl (C=O) groups excluding carboxylic acids is 2. The van der Waals surface area contributed by atoms with Crippen LogP contribution in [0, 0.1) is 0 Å². The number of hydrogen-bond donors (Lipinski definition) is 0. The Balaban J connectivity index is 3.13. The molecule has 0 bridgehead atoms. The van der Waals surface area contributed by atoms with Crippen molar-refractivity contribution in [1.82, 2.24) is 0 Å². The first-order valence-corrected chi connectivity index (χ1v) is 21.8. The fourth-order valence-corrected chi connectivity index (χ4v) is 5.15. The summed E-state index contributed by atoms with van der Waals surface area (Å²) < 4.78 is 64.9. The van der Waals surface area contributed by atoms with Gasteiger partial charge in [-0.05, 0) is 12.8 Å². The van der Waals surface area contributed by atoms with E-state index in [1.54, 1.807) is 0 Å². The van der Waals surface area contributed by atoms with E-state index in [-0.39, 0.29) is 25.2 Å². The molecule has 56 heavy (non-hydrogen) atoms. The Kier molecular flexibility index (Phi) is 48.4. The van der Waals surface area contributed by atoms with Crippen LogP contribution in [0.3, 0.4) is 0 Å². The summed E-state index contributed by atoms with van der Waals surface area (Å²) in [5, 5.41) is 0. The van der Waals surface area contributed by atoms with Crippen LogP contribution in [0.15, 0.2) is 0 Å². The van der Waals surface area contributed by atoms with Gasteiger partial charge in [-0.25, -0.2) is 0 Å². The van der Waals surface area contributed by atoms with Crippen molar-refractivity contribution in [3.05, 3.63) is 0 Å². The molecule has 0 saturated heterocycles. The summed E-state index contributed by atoms with van der Waals surface area (Å²) in [6.07, 6.45) is 18.5. The molecule has 0 radical (unpaired) electrons. The molecule has 14 nitrogen and oxygen atoms in total. The van der Waals surface area contributed by atoms with E-state index in [0.717, 1.165) is 19.3 Å². The lowest BCUT2D eigenvalue weighted by Gasteiger charge is -2.09. The van der Waals surface area contributed by atoms with Crippen molar-refractivity contribution < 1.29 is 66.4 Å². The highest BCUT2D eigenvalue weighted by Gasteiger charge is 2.03. The van der Waals surface area contributed by atoms with E-state index in [2.05, 4.69) is 6.92 Å². The normalized spacial score (nSPS) is 11.4. The molecule has 0 rings (SSSR count). The molecule has 0 aromatic rings. The first-order chi connectivity index (χ1) is 27.7. The van der Waals surface area contributed by atoms with Gasteiger partial charge < -0.3 is 56.8 Å². The predicted octanol–water partition coefficient (Wildman–Crippen LogP) is 6.52. The van der Waals surface area contributed by atoms with E-state index < -0.39 is 0 Å². The molecule has 0 fully saturated rings. The number of rotatable bonds is 49. The molecule has 0 aliphatic rings. The minimum atomic E-state index is -0.190. The molecule has 0 amide bonds. The van der Waals surface area contributed by atoms with E-state index in [4.69, 9.17) is 56.8 Å². The lowest BCUT2D eigenvalue weighted by Crippen LogP contribution is -2.16. The monoisotopic (exact) mass is 811 g/mol. The molecule has 0 aromatic heterocycles. The maximum Gasteiger partial charge on any atom is 0.305 e. The number of unbranched alkanes of at least 4 members (excludes halogenated alkanes) is 12. The van der Waals surface area contributed by atoms with E-state index in [0.29, 0.717) is 145 Å². The standard InChI is InChI=1S/C42H82O14/c1-3-5-6-7-8-9-10-11-12-13-14-15-16-18-42(44)56-40-38-54-36-34-52-32-30-50-28-26-48-24-22-46-20-19-45-21-23-47-25-27-49-29-31-51-33-35-53-37-39-55-41(43)17-4-2/h3-40H2,1-2H3. The molecule has 0 aromatic carbocycles. The van der Waals surface area contributed by atoms with Crippen LogP contribution in [0.4, 0.5) is 0 Å². The summed E-state index contributed by atoms with van der Waals surface area (Å²) in [7, 11) is 0. The summed E-state index contributed by atoms with van der Waals surface area (Å²) in [4.78, 5) is 23.1. The molecular weight excluding hydrogens is 728 g/mol. The highest BCUT2D eigenvalue weighted by Crippen LogP contribution is 2.13. The maximum atomic E-state index is 11.9. The minimum absolute atomic E-state index is 0.135. The molecule has 0 spiro atoms. The zero-order valence-corrected chi connectivity index (χ0v) is 35.6. The molecule has 0 aliphatic carbocycles. The maximum absolute atomic E-state index is 11.9. The molecule has 0 heterocycles. The first kappa shape index (κ1) is 54.5. The number of ether oxygens (including phenoxy) is 12. The van der Waals surface area contributed by atoms with E-state index >= 15 is 0 Å². The van der Waals surface area contributed by atoms with Gasteiger partial charge in [-0.2, -0.15) is 0 Å². The molecule has 0 saturated carbocycles. The van der Waals surface area contributed by atoms with Crippen LogP contribution < -0.4 is 0 Å². The zero-order valence-electron chi connectivity index (χ0n) is 35.6. The highest BCUT2D eigenvalue weighted by molar-refractivity contribution is 5.69. The van der Waals surface area contributed by atoms with E-state index in [9.17, 15) is 9.59 Å². The van der Waals surface area contributed by atoms with Gasteiger partial charge in [-0.3, -0.25) is 9.59 Å². The third-order valence-corrected chi connectivity index (χ3v) is 8.27. The Hall–Kier alpha value is -1.46. The Labute approximate surface area is 339 Å². The van der Waals surface area contributed by atoms with Gasteiger partial charge >= 0.3 is 11.9 Å². The van der Waals surface area contributed by atoms with Gasteiger partial charge in [0.15, 0.2) is 0 Å². The second-order valence-corrected chi connectivity index (χ2v) is 13.3. The second-order valence-electron chi connectivity index (χ2n) is 13.3. The van der Waals surface area contributed by atoms with Crippen molar-refractivity contribution >= 4 is 11.9 Å². The van der Waals surface area contributed by atoms with Crippen molar-refractivity contribution in [1.29, 1.82) is 0 Å². The van der Waals surface area contributed by atoms with Crippen LogP contribution in [0.1, 0.15) is 117 Å². The first-order valence-electron chi connectivity index (χ1n) is 21.8. The Morgan fingerprint density at radius 1 is 0.250 bits per heavy atom. The van der Waals surface area contributed by atoms with Crippen LogP contribution in [-0.4, -0.2) is 157 Å². The van der Waals surface area contributed by atoms with Crippen LogP contribution in [0.25, 0.3) is 0 Å². The lowest BCUT2D eigenvalue weighted by atomic mass is 10.0. The SMILES string of the molecule is CCCCCCCCCCCCCCCC(=O)OCCOCCOCCOCCOCCOCCOCCOCCOCCOCCOCCOC(=O)CCC. The van der Waals surface area contributed by atoms with Gasteiger partial charge in [0.25, 0.3) is 0 Å². The summed E-state index contributed by atoms with van der Waals surface area (Å²) in [6.45, 7) is 14.2. The van der Waals surface area contributed by atoms with Gasteiger partial charge in [0.2, 0.25) is 0 Å². The Morgan fingerprint density at radius 3 is 0.714 bits per heavy atom. The van der Waals surface area contributed by atoms with Gasteiger partial charge in [0.05, 0.1) is 132 Å². The minimum Gasteiger partial charge on any atom is -0.463 e. The van der Waals surface area contributed by atoms with Crippen LogP contribution in [-0.2, 0) is 66.4 Å². The zero-order chi connectivity index (χ0) is 40.5. The summed E-state index contributed by atoms with van der Waals surface area (Å²) in [5.41, 5.74) is 0. The van der Waals surface area contributed by atoms with E-state index in [1.807, 2.05) is 6.92 Å². The second kappa shape index (κ2) is 49.7. The van der Waals surface area contributed by atoms with Crippen molar-refractivity contribution in [3.63, 3.8) is 0 Å². The lowest BCUT2D eigenvalue weighted by molar-refractivity contribution is -0.146. The molecule has 0 N–H and O–H groups in total. The third-order valence-electron chi connectivity index (χ3n) is 8.27. The highest BCUT2D eigenvalue weighted by atomic mass is 16.6. The van der Waals surface area contributed by atoms with Crippen molar-refractivity contribution in [2.45, 2.75) is 117 Å². The fraction of sp³-hybridized carbons (Fsp3) is 0.952. The van der Waals surface area contributed by atoms with Crippen molar-refractivity contribution in [2.75, 3.05) is 145 Å². The Bertz CT molecular complexity index is 776. The largest absolute Gasteiger partial charge is 0.463 e. The quantitative estimate of drug-likeness (QED) is 0.0486. The van der Waals surface area contributed by atoms with Gasteiger partial charge in [-0.15, -0.1) is 0 Å². The number of hydrogen-bond acceptors (Lipinski definition) is 14. The topological polar surface area (TPSA) is 145 Å². The molecule has 0 atom stereocenters. The van der Waals surface area contributed by atoms with Crippen LogP contribution in [0.5, 0.6) is 0 Å². The van der Waals surface area contributed by atoms with Gasteiger partial charge in [-0.1, -0.05) is 90.9 Å². The molecule has 0 aliphatic heterocycles. The summed E-state index contributed by atoms with van der Waals surface area (Å²) in [6, 6.07) is 0. The number of esters is 2. The molecule has 14 heteroatoms. The summed E-state index contributed by atoms with van der Waals surface area (Å²) >= 11 is 0. The average Bonchev–Trinajstić information content (AvgIpc) is 3.19. The molecule has 0 unspecified atom stereocenters. The Morgan fingerprint density at radius 2 is 0.464 bits per heavy atom. The fourth-order valence-electron chi connectivity index (χ4n) is 5.15. The van der Waals surface area contributed by atoms with Gasteiger partial charge in [0, 0.05) is 12.8 Å². The van der Waals surface area contributed by atoms with Crippen molar-refractivity contribution in [2.24, 2.45) is 0 Å². The summed E-state index contributed by atoms with van der Waals surface area (Å²) in [5.74, 6) is -0.325. The van der Waals surface area contributed by atoms with Gasteiger partial charge in [0.1, 0.15) is 13.2 Å². The average molecular weight is 811 g/mol. The van der Waals surface area contributed by atoms with E-state index in [1.165, 1.54) is 70.6 Å². The van der Waals surface area contributed by atoms with Crippen LogP contribution in [0.2, 0.25) is 0 Å².